The summed E-state index contributed by atoms with van der Waals surface area (Å²) < 4.78 is 0. The van der Waals surface area contributed by atoms with Crippen molar-refractivity contribution in [3.63, 3.8) is 0 Å². The molecule has 0 heterocycles. The Hall–Kier alpha value is -0.617. The summed E-state index contributed by atoms with van der Waals surface area (Å²) in [7, 11) is 0. The van der Waals surface area contributed by atoms with E-state index < -0.39 is 0 Å². The Morgan fingerprint density at radius 1 is 1.00 bits per heavy atom. The molecule has 0 aliphatic heterocycles. The Bertz CT molecular complexity index is 666. The summed E-state index contributed by atoms with van der Waals surface area (Å²) in [4.78, 5) is 0. The van der Waals surface area contributed by atoms with Crippen LogP contribution >= 0.6 is 0 Å². The van der Waals surface area contributed by atoms with E-state index in [0.717, 1.165) is 32.9 Å². The largest absolute Gasteiger partial charge is 4.00 e. The maximum absolute atomic E-state index is 3.93. The Morgan fingerprint density at radius 3 is 2.10 bits per heavy atom. The van der Waals surface area contributed by atoms with E-state index in [1.54, 1.807) is 0 Å². The molecule has 2 aliphatic carbocycles. The Labute approximate surface area is 151 Å². The molecule has 0 amide bonds. The van der Waals surface area contributed by atoms with Crippen molar-refractivity contribution >= 4 is 25.3 Å². The van der Waals surface area contributed by atoms with Gasteiger partial charge in [-0.1, -0.05) is 29.1 Å². The molecule has 0 aromatic heterocycles. The predicted molar refractivity (Wildman–Crippen MR) is 74.6 cm³/mol. The van der Waals surface area contributed by atoms with Crippen molar-refractivity contribution < 1.29 is 51.0 Å². The van der Waals surface area contributed by atoms with Crippen LogP contribution < -0.4 is 45.7 Å². The van der Waals surface area contributed by atoms with Crippen LogP contribution in [0.25, 0.3) is 25.3 Å². The fourth-order valence-corrected chi connectivity index (χ4v) is 1.73. The minimum atomic E-state index is 0. The molecule has 0 spiro atoms. The van der Waals surface area contributed by atoms with Gasteiger partial charge in [-0.05, 0) is 0 Å². The maximum atomic E-state index is 3.93. The number of fused-ring (bicyclic) bond motifs is 1. The fourth-order valence-electron chi connectivity index (χ4n) is 1.73. The van der Waals surface area contributed by atoms with E-state index in [1.807, 2.05) is 30.4 Å². The quantitative estimate of drug-likeness (QED) is 0.395. The maximum Gasteiger partial charge on any atom is 4.00 e. The first-order valence-electron chi connectivity index (χ1n) is 5.52. The number of benzene rings is 1. The summed E-state index contributed by atoms with van der Waals surface area (Å²) in [5, 5.41) is 4.18. The zero-order chi connectivity index (χ0) is 12.3. The molecule has 0 radical (unpaired) electrons. The minimum absolute atomic E-state index is 0. The van der Waals surface area contributed by atoms with Crippen molar-refractivity contribution in [3.8, 4) is 0 Å². The van der Waals surface area contributed by atoms with Gasteiger partial charge in [-0.15, -0.1) is 41.2 Å². The first-order valence-corrected chi connectivity index (χ1v) is 5.52. The SMILES string of the molecule is C=C1[C-]=c2c(=C)ccc(=C)c2=C1.[C-]1=CC=CC1.[Cl-].[Cl-].[Zr+4]. The van der Waals surface area contributed by atoms with E-state index in [0.29, 0.717) is 0 Å². The van der Waals surface area contributed by atoms with Crippen LogP contribution in [0.1, 0.15) is 6.42 Å². The molecule has 20 heavy (non-hydrogen) atoms. The zero-order valence-electron chi connectivity index (χ0n) is 11.0. The number of rotatable bonds is 0. The summed E-state index contributed by atoms with van der Waals surface area (Å²) in [6.45, 7) is 11.7. The van der Waals surface area contributed by atoms with Crippen molar-refractivity contribution in [1.82, 2.24) is 0 Å². The summed E-state index contributed by atoms with van der Waals surface area (Å²) >= 11 is 0. The topological polar surface area (TPSA) is 0 Å². The van der Waals surface area contributed by atoms with E-state index >= 15 is 0 Å². The molecule has 0 nitrogen and oxygen atoms in total. The van der Waals surface area contributed by atoms with E-state index in [9.17, 15) is 0 Å². The van der Waals surface area contributed by atoms with Gasteiger partial charge < -0.3 is 24.8 Å². The fraction of sp³-hybridized carbons (Fsp3) is 0.0588. The summed E-state index contributed by atoms with van der Waals surface area (Å²) in [6, 6.07) is 3.93. The van der Waals surface area contributed by atoms with Gasteiger partial charge in [0.25, 0.3) is 0 Å². The van der Waals surface area contributed by atoms with Crippen LogP contribution in [0, 0.1) is 6.08 Å². The van der Waals surface area contributed by atoms with Crippen molar-refractivity contribution in [2.24, 2.45) is 0 Å². The standard InChI is InChI=1S/C12H9.C5H5.2ClH.Zr/c1-8-6-11-9(2)4-5-10(3)12(11)7-8;1-2-4-5-3-1;;;/h4-6H,1-3H2;1-3H,4H2;2*1H;/q2*-1;;;+4/p-2. The Balaban J connectivity index is 0. The first kappa shape index (κ1) is 21.7. The van der Waals surface area contributed by atoms with Crippen LogP contribution in [0.3, 0.4) is 0 Å². The van der Waals surface area contributed by atoms with Gasteiger partial charge >= 0.3 is 26.2 Å². The van der Waals surface area contributed by atoms with Gasteiger partial charge in [0.15, 0.2) is 0 Å². The third-order valence-electron chi connectivity index (χ3n) is 2.61. The predicted octanol–water partition coefficient (Wildman–Crippen LogP) is -5.17. The Morgan fingerprint density at radius 2 is 1.65 bits per heavy atom. The van der Waals surface area contributed by atoms with Crippen LogP contribution in [0.5, 0.6) is 0 Å². The van der Waals surface area contributed by atoms with Gasteiger partial charge in [0.2, 0.25) is 0 Å². The van der Waals surface area contributed by atoms with E-state index in [4.69, 9.17) is 0 Å². The minimum Gasteiger partial charge on any atom is -1.00 e. The number of allylic oxidation sites excluding steroid dienone is 5. The molecule has 3 heteroatoms. The molecule has 0 saturated carbocycles. The summed E-state index contributed by atoms with van der Waals surface area (Å²) in [6.07, 6.45) is 15.1. The van der Waals surface area contributed by atoms with Crippen LogP contribution in [0.15, 0.2) is 42.5 Å². The Kier molecular flexibility index (Phi) is 11.0. The van der Waals surface area contributed by atoms with E-state index in [1.165, 1.54) is 0 Å². The third kappa shape index (κ3) is 5.40. The van der Waals surface area contributed by atoms with Crippen molar-refractivity contribution in [2.75, 3.05) is 0 Å². The van der Waals surface area contributed by atoms with Crippen molar-refractivity contribution in [2.45, 2.75) is 6.42 Å². The number of hydrogen-bond acceptors (Lipinski definition) is 0. The molecule has 0 saturated heterocycles. The van der Waals surface area contributed by atoms with Gasteiger partial charge in [0.1, 0.15) is 0 Å². The normalized spacial score (nSPS) is 12.5. The molecule has 0 N–H and O–H groups in total. The molecule has 1 aromatic rings. The van der Waals surface area contributed by atoms with Gasteiger partial charge in [0, 0.05) is 0 Å². The number of halogens is 2. The average molecular weight is 380 g/mol. The molecular formula is C17H14Cl2Zr. The average Bonchev–Trinajstić information content (AvgIpc) is 2.95. The molecule has 0 bridgehead atoms. The second-order valence-corrected chi connectivity index (χ2v) is 3.97. The van der Waals surface area contributed by atoms with Crippen LogP contribution in [-0.2, 0) is 26.2 Å². The van der Waals surface area contributed by atoms with E-state index in [-0.39, 0.29) is 51.0 Å². The molecule has 0 atom stereocenters. The van der Waals surface area contributed by atoms with E-state index in [2.05, 4.69) is 38.0 Å². The molecule has 0 unspecified atom stereocenters. The second-order valence-electron chi connectivity index (χ2n) is 3.97. The molecule has 1 aromatic carbocycles. The first-order chi connectivity index (χ1) is 8.18. The van der Waals surface area contributed by atoms with Gasteiger partial charge in [-0.2, -0.15) is 12.7 Å². The van der Waals surface area contributed by atoms with Crippen LogP contribution in [-0.4, -0.2) is 0 Å². The van der Waals surface area contributed by atoms with Crippen molar-refractivity contribution in [3.05, 3.63) is 69.5 Å². The van der Waals surface area contributed by atoms with Crippen molar-refractivity contribution in [1.29, 1.82) is 0 Å². The number of hydrogen-bond donors (Lipinski definition) is 0. The molecule has 2 aliphatic rings. The van der Waals surface area contributed by atoms with Crippen LogP contribution in [0.4, 0.5) is 0 Å². The zero-order valence-corrected chi connectivity index (χ0v) is 15.0. The summed E-state index contributed by atoms with van der Waals surface area (Å²) in [5.41, 5.74) is 0.908. The van der Waals surface area contributed by atoms with Crippen LogP contribution in [0.2, 0.25) is 0 Å². The molecule has 100 valence electrons. The monoisotopic (exact) mass is 378 g/mol. The smallest absolute Gasteiger partial charge is 1.00 e. The molecule has 0 fully saturated rings. The van der Waals surface area contributed by atoms with Gasteiger partial charge in [-0.25, -0.2) is 12.2 Å². The van der Waals surface area contributed by atoms with Gasteiger partial charge in [0.05, 0.1) is 0 Å². The third-order valence-corrected chi connectivity index (χ3v) is 2.61. The summed E-state index contributed by atoms with van der Waals surface area (Å²) in [5.74, 6) is 0. The molecule has 3 rings (SSSR count). The molecular weight excluding hydrogens is 366 g/mol. The second kappa shape index (κ2) is 10.2. The van der Waals surface area contributed by atoms with Gasteiger partial charge in [-0.3, -0.25) is 6.08 Å².